The van der Waals surface area contributed by atoms with Gasteiger partial charge in [-0.2, -0.15) is 0 Å². The van der Waals surface area contributed by atoms with Crippen molar-refractivity contribution in [2.45, 2.75) is 13.0 Å². The monoisotopic (exact) mass is 380 g/mol. The molecule has 0 saturated heterocycles. The van der Waals surface area contributed by atoms with E-state index in [0.717, 1.165) is 40.8 Å². The minimum absolute atomic E-state index is 0.0280. The van der Waals surface area contributed by atoms with Crippen LogP contribution >= 0.6 is 0 Å². The molecule has 1 aliphatic rings. The van der Waals surface area contributed by atoms with Gasteiger partial charge < -0.3 is 4.57 Å². The molecule has 0 unspecified atom stereocenters. The van der Waals surface area contributed by atoms with Crippen molar-refractivity contribution in [1.29, 1.82) is 0 Å². The first-order valence-electron chi connectivity index (χ1n) is 9.75. The fourth-order valence-corrected chi connectivity index (χ4v) is 3.85. The van der Waals surface area contributed by atoms with Gasteiger partial charge in [0.1, 0.15) is 5.84 Å². The molecule has 1 aliphatic heterocycles. The predicted octanol–water partition coefficient (Wildman–Crippen LogP) is 4.66. The lowest BCUT2D eigenvalue weighted by atomic mass is 10.0. The van der Waals surface area contributed by atoms with E-state index in [1.54, 1.807) is 12.5 Å². The number of amidine groups is 1. The maximum atomic E-state index is 13.4. The number of amides is 1. The molecule has 0 atom stereocenters. The van der Waals surface area contributed by atoms with E-state index in [-0.39, 0.29) is 5.91 Å². The number of aryl methyl sites for hydroxylation is 1. The number of carbonyl (C=O) groups is 1. The second-order valence-corrected chi connectivity index (χ2v) is 7.09. The third-order valence-electron chi connectivity index (χ3n) is 5.23. The van der Waals surface area contributed by atoms with Gasteiger partial charge in [0, 0.05) is 42.0 Å². The molecular weight excluding hydrogens is 360 g/mol. The molecule has 5 nitrogen and oxygen atoms in total. The molecule has 0 bridgehead atoms. The molecule has 3 aromatic carbocycles. The Morgan fingerprint density at radius 2 is 1.79 bits per heavy atom. The first-order chi connectivity index (χ1) is 14.3. The first kappa shape index (κ1) is 17.4. The Morgan fingerprint density at radius 3 is 2.59 bits per heavy atom. The van der Waals surface area contributed by atoms with Crippen LogP contribution in [0, 0.1) is 0 Å². The molecule has 2 heterocycles. The standard InChI is InChI=1S/C24H20N4O/c29-24(19-7-2-1-3-8-19)28(15-6-14-27-16-13-25-17-27)23-20-11-4-9-18-10-5-12-21(26-23)22(18)20/h1-5,7-13,16-17H,6,14-15H2. The highest BCUT2D eigenvalue weighted by molar-refractivity contribution is 6.23. The Labute approximate surface area is 169 Å². The summed E-state index contributed by atoms with van der Waals surface area (Å²) in [5.41, 5.74) is 2.61. The maximum absolute atomic E-state index is 13.4. The van der Waals surface area contributed by atoms with Gasteiger partial charge in [0.15, 0.2) is 0 Å². The molecule has 0 spiro atoms. The van der Waals surface area contributed by atoms with Gasteiger partial charge in [0.05, 0.1) is 12.0 Å². The van der Waals surface area contributed by atoms with Crippen LogP contribution in [0.25, 0.3) is 10.8 Å². The summed E-state index contributed by atoms with van der Waals surface area (Å²) in [6.07, 6.45) is 6.31. The number of rotatable bonds is 5. The van der Waals surface area contributed by atoms with Crippen LogP contribution in [0.3, 0.4) is 0 Å². The normalized spacial score (nSPS) is 12.2. The van der Waals surface area contributed by atoms with Gasteiger partial charge in [-0.05, 0) is 30.0 Å². The molecule has 0 aliphatic carbocycles. The number of hydrogen-bond donors (Lipinski definition) is 0. The van der Waals surface area contributed by atoms with E-state index in [1.165, 1.54) is 0 Å². The molecule has 0 radical (unpaired) electrons. The topological polar surface area (TPSA) is 50.5 Å². The van der Waals surface area contributed by atoms with Crippen molar-refractivity contribution in [1.82, 2.24) is 14.5 Å². The van der Waals surface area contributed by atoms with Crippen LogP contribution in [0.2, 0.25) is 0 Å². The van der Waals surface area contributed by atoms with Crippen molar-refractivity contribution < 1.29 is 4.79 Å². The summed E-state index contributed by atoms with van der Waals surface area (Å²) in [6.45, 7) is 1.37. The Bertz CT molecular complexity index is 1190. The number of aliphatic imine (C=N–C) groups is 1. The number of carbonyl (C=O) groups excluding carboxylic acids is 1. The largest absolute Gasteiger partial charge is 0.337 e. The number of benzene rings is 3. The van der Waals surface area contributed by atoms with Crippen LogP contribution in [0.4, 0.5) is 5.69 Å². The van der Waals surface area contributed by atoms with Crippen molar-refractivity contribution >= 4 is 28.2 Å². The number of nitrogens with zero attached hydrogens (tertiary/aromatic N) is 4. The zero-order chi connectivity index (χ0) is 19.6. The van der Waals surface area contributed by atoms with E-state index < -0.39 is 0 Å². The summed E-state index contributed by atoms with van der Waals surface area (Å²) < 4.78 is 2.02. The van der Waals surface area contributed by atoms with Crippen LogP contribution in [0.1, 0.15) is 22.3 Å². The highest BCUT2D eigenvalue weighted by atomic mass is 16.2. The second kappa shape index (κ2) is 7.36. The Morgan fingerprint density at radius 1 is 0.966 bits per heavy atom. The van der Waals surface area contributed by atoms with E-state index >= 15 is 0 Å². The van der Waals surface area contributed by atoms with Crippen LogP contribution in [0.5, 0.6) is 0 Å². The zero-order valence-corrected chi connectivity index (χ0v) is 15.9. The molecule has 0 fully saturated rings. The summed E-state index contributed by atoms with van der Waals surface area (Å²) in [5.74, 6) is 0.705. The zero-order valence-electron chi connectivity index (χ0n) is 15.9. The van der Waals surface area contributed by atoms with E-state index in [4.69, 9.17) is 4.99 Å². The van der Waals surface area contributed by atoms with Crippen LogP contribution in [0.15, 0.2) is 90.4 Å². The molecule has 0 N–H and O–H groups in total. The average molecular weight is 380 g/mol. The lowest BCUT2D eigenvalue weighted by molar-refractivity contribution is 0.0845. The van der Waals surface area contributed by atoms with Gasteiger partial charge >= 0.3 is 0 Å². The SMILES string of the molecule is O=C(c1ccccc1)N(CCCn1ccnc1)C1=Nc2cccc3cccc1c23. The lowest BCUT2D eigenvalue weighted by Crippen LogP contribution is -2.38. The quantitative estimate of drug-likeness (QED) is 0.506. The Balaban J connectivity index is 1.50. The maximum Gasteiger partial charge on any atom is 0.259 e. The third-order valence-corrected chi connectivity index (χ3v) is 5.23. The minimum Gasteiger partial charge on any atom is -0.337 e. The first-order valence-corrected chi connectivity index (χ1v) is 9.75. The molecule has 5 rings (SSSR count). The highest BCUT2D eigenvalue weighted by Crippen LogP contribution is 2.36. The molecule has 1 aromatic heterocycles. The van der Waals surface area contributed by atoms with E-state index in [2.05, 4.69) is 23.2 Å². The van der Waals surface area contributed by atoms with Gasteiger partial charge in [0.2, 0.25) is 0 Å². The van der Waals surface area contributed by atoms with E-state index in [0.29, 0.717) is 12.1 Å². The van der Waals surface area contributed by atoms with Gasteiger partial charge in [-0.15, -0.1) is 0 Å². The average Bonchev–Trinajstić information content (AvgIpc) is 3.41. The number of imidazole rings is 1. The fourth-order valence-electron chi connectivity index (χ4n) is 3.85. The van der Waals surface area contributed by atoms with Crippen molar-refractivity contribution in [3.05, 3.63) is 96.6 Å². The predicted molar refractivity (Wildman–Crippen MR) is 114 cm³/mol. The fraction of sp³-hybridized carbons (Fsp3) is 0.125. The molecule has 0 saturated carbocycles. The van der Waals surface area contributed by atoms with Crippen molar-refractivity contribution in [3.63, 3.8) is 0 Å². The molecule has 4 aromatic rings. The minimum atomic E-state index is -0.0280. The van der Waals surface area contributed by atoms with Crippen LogP contribution < -0.4 is 0 Å². The molecule has 142 valence electrons. The van der Waals surface area contributed by atoms with E-state index in [1.807, 2.05) is 64.2 Å². The Hall–Kier alpha value is -3.73. The van der Waals surface area contributed by atoms with Gasteiger partial charge in [-0.3, -0.25) is 9.69 Å². The summed E-state index contributed by atoms with van der Waals surface area (Å²) in [6, 6.07) is 21.7. The second-order valence-electron chi connectivity index (χ2n) is 7.09. The summed E-state index contributed by atoms with van der Waals surface area (Å²) in [7, 11) is 0. The molecule has 5 heteroatoms. The summed E-state index contributed by atoms with van der Waals surface area (Å²) in [5, 5.41) is 2.26. The molecule has 29 heavy (non-hydrogen) atoms. The van der Waals surface area contributed by atoms with Gasteiger partial charge in [0.25, 0.3) is 5.91 Å². The Kier molecular flexibility index (Phi) is 4.41. The van der Waals surface area contributed by atoms with Crippen molar-refractivity contribution in [2.75, 3.05) is 6.54 Å². The smallest absolute Gasteiger partial charge is 0.259 e. The van der Waals surface area contributed by atoms with Gasteiger partial charge in [-0.25, -0.2) is 9.98 Å². The van der Waals surface area contributed by atoms with Crippen LogP contribution in [-0.4, -0.2) is 32.7 Å². The van der Waals surface area contributed by atoms with Crippen molar-refractivity contribution in [3.8, 4) is 0 Å². The van der Waals surface area contributed by atoms with E-state index in [9.17, 15) is 4.79 Å². The number of aromatic nitrogens is 2. The lowest BCUT2D eigenvalue weighted by Gasteiger charge is -2.23. The molecular formula is C24H20N4O. The van der Waals surface area contributed by atoms with Crippen LogP contribution in [-0.2, 0) is 6.54 Å². The molecule has 1 amide bonds. The number of hydrogen-bond acceptors (Lipinski definition) is 3. The summed E-state index contributed by atoms with van der Waals surface area (Å²) in [4.78, 5) is 24.2. The third kappa shape index (κ3) is 3.21. The van der Waals surface area contributed by atoms with Gasteiger partial charge in [-0.1, -0.05) is 48.5 Å². The summed E-state index contributed by atoms with van der Waals surface area (Å²) >= 11 is 0. The van der Waals surface area contributed by atoms with Crippen molar-refractivity contribution in [2.24, 2.45) is 4.99 Å². The highest BCUT2D eigenvalue weighted by Gasteiger charge is 2.27.